The van der Waals surface area contributed by atoms with Crippen molar-refractivity contribution in [3.05, 3.63) is 47.9 Å². The van der Waals surface area contributed by atoms with Crippen LogP contribution >= 0.6 is 0 Å². The third-order valence-electron chi connectivity index (χ3n) is 3.52. The van der Waals surface area contributed by atoms with Crippen molar-refractivity contribution in [2.75, 3.05) is 0 Å². The van der Waals surface area contributed by atoms with Gasteiger partial charge in [-0.1, -0.05) is 24.3 Å². The Labute approximate surface area is 93.5 Å². The zero-order valence-electron chi connectivity index (χ0n) is 8.98. The Balaban J connectivity index is 2.23. The molecule has 2 heterocycles. The second kappa shape index (κ2) is 2.85. The molecule has 0 fully saturated rings. The summed E-state index contributed by atoms with van der Waals surface area (Å²) < 4.78 is 2.27. The van der Waals surface area contributed by atoms with Gasteiger partial charge in [0.15, 0.2) is 0 Å². The van der Waals surface area contributed by atoms with Gasteiger partial charge in [-0.3, -0.25) is 0 Å². The number of hydrogen-bond donors (Lipinski definition) is 0. The lowest BCUT2D eigenvalue weighted by Gasteiger charge is -2.02. The van der Waals surface area contributed by atoms with Crippen molar-refractivity contribution in [2.24, 2.45) is 0 Å². The van der Waals surface area contributed by atoms with Crippen LogP contribution in [0.1, 0.15) is 17.8 Å². The highest BCUT2D eigenvalue weighted by Gasteiger charge is 2.18. The molecule has 4 rings (SSSR count). The van der Waals surface area contributed by atoms with E-state index in [0.29, 0.717) is 0 Å². The molecule has 2 nitrogen and oxygen atoms in total. The minimum absolute atomic E-state index is 1.13. The Kier molecular flexibility index (Phi) is 1.48. The number of aromatic nitrogens is 2. The predicted octanol–water partition coefficient (Wildman–Crippen LogP) is 2.98. The third-order valence-corrected chi connectivity index (χ3v) is 3.52. The molecule has 3 aromatic rings. The van der Waals surface area contributed by atoms with Gasteiger partial charge in [-0.05, 0) is 30.7 Å². The molecule has 0 saturated carbocycles. The van der Waals surface area contributed by atoms with Crippen LogP contribution in [-0.2, 0) is 12.8 Å². The first kappa shape index (κ1) is 8.34. The van der Waals surface area contributed by atoms with Gasteiger partial charge in [0.05, 0.1) is 5.69 Å². The van der Waals surface area contributed by atoms with Gasteiger partial charge in [0.2, 0.25) is 0 Å². The second-order valence-corrected chi connectivity index (χ2v) is 4.46. The van der Waals surface area contributed by atoms with E-state index in [1.165, 1.54) is 35.0 Å². The highest BCUT2D eigenvalue weighted by molar-refractivity contribution is 5.94. The van der Waals surface area contributed by atoms with Gasteiger partial charge in [0.25, 0.3) is 0 Å². The topological polar surface area (TPSA) is 17.3 Å². The Bertz CT molecular complexity index is 694. The predicted molar refractivity (Wildman–Crippen MR) is 64.7 cm³/mol. The van der Waals surface area contributed by atoms with Crippen LogP contribution in [0.2, 0.25) is 0 Å². The molecule has 0 atom stereocenters. The van der Waals surface area contributed by atoms with Crippen molar-refractivity contribution in [1.82, 2.24) is 9.38 Å². The summed E-state index contributed by atoms with van der Waals surface area (Å²) in [4.78, 5) is 4.78. The van der Waals surface area contributed by atoms with Crippen LogP contribution in [0, 0.1) is 0 Å². The van der Waals surface area contributed by atoms with Crippen molar-refractivity contribution in [2.45, 2.75) is 19.3 Å². The fourth-order valence-corrected chi connectivity index (χ4v) is 2.75. The largest absolute Gasteiger partial charge is 0.303 e. The number of nitrogens with zero attached hydrogens (tertiary/aromatic N) is 2. The minimum Gasteiger partial charge on any atom is -0.303 e. The van der Waals surface area contributed by atoms with Crippen LogP contribution in [0.25, 0.3) is 16.4 Å². The lowest BCUT2D eigenvalue weighted by Crippen LogP contribution is -1.90. The first-order valence-corrected chi connectivity index (χ1v) is 5.81. The lowest BCUT2D eigenvalue weighted by atomic mass is 10.2. The smallest absolute Gasteiger partial charge is 0.145 e. The Morgan fingerprint density at radius 3 is 3.00 bits per heavy atom. The molecule has 0 aliphatic heterocycles. The maximum absolute atomic E-state index is 4.78. The summed E-state index contributed by atoms with van der Waals surface area (Å²) in [5.74, 6) is 0. The van der Waals surface area contributed by atoms with Crippen LogP contribution in [0.15, 0.2) is 36.5 Å². The molecule has 0 N–H and O–H groups in total. The average Bonchev–Trinajstić information content (AvgIpc) is 2.88. The Morgan fingerprint density at radius 2 is 2.00 bits per heavy atom. The van der Waals surface area contributed by atoms with Gasteiger partial charge in [0.1, 0.15) is 5.65 Å². The highest BCUT2D eigenvalue weighted by atomic mass is 15.0. The van der Waals surface area contributed by atoms with Gasteiger partial charge in [-0.25, -0.2) is 4.98 Å². The van der Waals surface area contributed by atoms with Gasteiger partial charge in [0, 0.05) is 17.3 Å². The molecule has 78 valence electrons. The molecule has 0 spiro atoms. The molecule has 2 heteroatoms. The maximum Gasteiger partial charge on any atom is 0.145 e. The fourth-order valence-electron chi connectivity index (χ4n) is 2.75. The number of hydrogen-bond acceptors (Lipinski definition) is 1. The Morgan fingerprint density at radius 1 is 1.06 bits per heavy atom. The first-order chi connectivity index (χ1) is 7.93. The van der Waals surface area contributed by atoms with Crippen molar-refractivity contribution in [1.29, 1.82) is 0 Å². The van der Waals surface area contributed by atoms with E-state index in [-0.39, 0.29) is 0 Å². The van der Waals surface area contributed by atoms with Crippen LogP contribution in [0.5, 0.6) is 0 Å². The molecule has 0 bridgehead atoms. The summed E-state index contributed by atoms with van der Waals surface area (Å²) >= 11 is 0. The van der Waals surface area contributed by atoms with Gasteiger partial charge < -0.3 is 4.40 Å². The van der Waals surface area contributed by atoms with E-state index in [2.05, 4.69) is 40.9 Å². The Hall–Kier alpha value is -1.83. The summed E-state index contributed by atoms with van der Waals surface area (Å²) in [6.45, 7) is 0. The minimum atomic E-state index is 1.13. The number of aryl methyl sites for hydroxylation is 2. The molecule has 1 aliphatic carbocycles. The van der Waals surface area contributed by atoms with E-state index in [1.807, 2.05) is 0 Å². The third kappa shape index (κ3) is 0.941. The molecule has 0 amide bonds. The summed E-state index contributed by atoms with van der Waals surface area (Å²) in [7, 11) is 0. The lowest BCUT2D eigenvalue weighted by molar-refractivity contribution is 0.870. The summed E-state index contributed by atoms with van der Waals surface area (Å²) in [6.07, 6.45) is 5.74. The molecule has 1 aliphatic rings. The van der Waals surface area contributed by atoms with Gasteiger partial charge >= 0.3 is 0 Å². The van der Waals surface area contributed by atoms with Crippen LogP contribution < -0.4 is 0 Å². The summed E-state index contributed by atoms with van der Waals surface area (Å²) in [5, 5.41) is 2.54. The number of rotatable bonds is 0. The SMILES string of the molecule is c1ccc2c(c1)ccn1c3c(nc21)CCC3. The van der Waals surface area contributed by atoms with Crippen LogP contribution in [-0.4, -0.2) is 9.38 Å². The van der Waals surface area contributed by atoms with Gasteiger partial charge in [-0.15, -0.1) is 0 Å². The van der Waals surface area contributed by atoms with E-state index < -0.39 is 0 Å². The fraction of sp³-hybridized carbons (Fsp3) is 0.214. The summed E-state index contributed by atoms with van der Waals surface area (Å²) in [6, 6.07) is 10.7. The molecule has 0 saturated heterocycles. The quantitative estimate of drug-likeness (QED) is 0.555. The zero-order chi connectivity index (χ0) is 10.5. The molecule has 16 heavy (non-hydrogen) atoms. The van der Waals surface area contributed by atoms with E-state index >= 15 is 0 Å². The maximum atomic E-state index is 4.78. The van der Waals surface area contributed by atoms with E-state index in [0.717, 1.165) is 12.1 Å². The van der Waals surface area contributed by atoms with Gasteiger partial charge in [-0.2, -0.15) is 0 Å². The molecule has 2 aromatic heterocycles. The van der Waals surface area contributed by atoms with Crippen molar-refractivity contribution in [3.8, 4) is 0 Å². The summed E-state index contributed by atoms with van der Waals surface area (Å²) in [5.41, 5.74) is 3.85. The van der Waals surface area contributed by atoms with Crippen molar-refractivity contribution >= 4 is 16.4 Å². The molecule has 1 aromatic carbocycles. The van der Waals surface area contributed by atoms with Crippen molar-refractivity contribution < 1.29 is 0 Å². The van der Waals surface area contributed by atoms with E-state index in [4.69, 9.17) is 4.98 Å². The van der Waals surface area contributed by atoms with E-state index in [9.17, 15) is 0 Å². The van der Waals surface area contributed by atoms with Crippen LogP contribution in [0.4, 0.5) is 0 Å². The van der Waals surface area contributed by atoms with Crippen LogP contribution in [0.3, 0.4) is 0 Å². The standard InChI is InChI=1S/C14H12N2/c1-2-5-11-10(4-1)8-9-16-13-7-3-6-12(13)15-14(11)16/h1-2,4-5,8-9H,3,6-7H2. The molecular weight excluding hydrogens is 196 g/mol. The molecule has 0 radical (unpaired) electrons. The number of imidazole rings is 1. The average molecular weight is 208 g/mol. The number of pyridine rings is 1. The first-order valence-electron chi connectivity index (χ1n) is 5.81. The van der Waals surface area contributed by atoms with Crippen molar-refractivity contribution in [3.63, 3.8) is 0 Å². The van der Waals surface area contributed by atoms with E-state index in [1.54, 1.807) is 0 Å². The number of fused-ring (bicyclic) bond motifs is 5. The highest BCUT2D eigenvalue weighted by Crippen LogP contribution is 2.27. The zero-order valence-corrected chi connectivity index (χ0v) is 8.98. The normalized spacial score (nSPS) is 14.8. The molecular formula is C14H12N2. The second-order valence-electron chi connectivity index (χ2n) is 4.46. The molecule has 0 unspecified atom stereocenters. The monoisotopic (exact) mass is 208 g/mol. The number of benzene rings is 1.